The van der Waals surface area contributed by atoms with Crippen LogP contribution in [0.1, 0.15) is 51.9 Å². The molecular formula is C14H23NO4. The predicted octanol–water partition coefficient (Wildman–Crippen LogP) is 2.55. The van der Waals surface area contributed by atoms with E-state index in [0.29, 0.717) is 25.4 Å². The van der Waals surface area contributed by atoms with Crippen molar-refractivity contribution >= 4 is 12.1 Å². The van der Waals surface area contributed by atoms with E-state index in [0.717, 1.165) is 32.1 Å². The van der Waals surface area contributed by atoms with E-state index in [4.69, 9.17) is 4.74 Å². The summed E-state index contributed by atoms with van der Waals surface area (Å²) in [5.41, 5.74) is -0.765. The van der Waals surface area contributed by atoms with Crippen LogP contribution >= 0.6 is 0 Å². The molecule has 0 heterocycles. The molecule has 2 bridgehead atoms. The lowest BCUT2D eigenvalue weighted by Gasteiger charge is -2.49. The zero-order chi connectivity index (χ0) is 13.9. The number of aliphatic carboxylic acids is 1. The molecule has 3 saturated carbocycles. The standard InChI is InChI=1S/C14H23NO4/c1-2-3-8-19-13(18)15-11-9-10-4-6-14(11,7-5-10)12(16)17/h10-11H,2-9H2,1H3,(H,15,18)(H,16,17). The maximum atomic E-state index is 11.7. The van der Waals surface area contributed by atoms with Gasteiger partial charge in [0.25, 0.3) is 0 Å². The number of unbranched alkanes of at least 4 members (excludes halogenated alkanes) is 1. The molecule has 0 aromatic heterocycles. The number of hydrogen-bond acceptors (Lipinski definition) is 3. The van der Waals surface area contributed by atoms with E-state index in [1.807, 2.05) is 6.92 Å². The Morgan fingerprint density at radius 2 is 2.05 bits per heavy atom. The fraction of sp³-hybridized carbons (Fsp3) is 0.857. The first kappa shape index (κ1) is 14.2. The number of fused-ring (bicyclic) bond motifs is 3. The van der Waals surface area contributed by atoms with Crippen molar-refractivity contribution in [2.75, 3.05) is 6.61 Å². The van der Waals surface area contributed by atoms with E-state index in [9.17, 15) is 14.7 Å². The first-order chi connectivity index (χ1) is 9.08. The number of nitrogens with one attached hydrogen (secondary N) is 1. The highest BCUT2D eigenvalue weighted by Gasteiger charge is 2.53. The van der Waals surface area contributed by atoms with Crippen LogP contribution in [0.15, 0.2) is 0 Å². The van der Waals surface area contributed by atoms with Gasteiger partial charge >= 0.3 is 12.1 Å². The second-order valence-corrected chi connectivity index (χ2v) is 5.83. The SMILES string of the molecule is CCCCOC(=O)NC1CC2CCC1(C(=O)O)CC2. The lowest BCUT2D eigenvalue weighted by molar-refractivity contribution is -0.158. The molecule has 5 nitrogen and oxygen atoms in total. The smallest absolute Gasteiger partial charge is 0.407 e. The molecule has 0 aromatic rings. The molecule has 1 unspecified atom stereocenters. The van der Waals surface area contributed by atoms with E-state index < -0.39 is 17.5 Å². The maximum Gasteiger partial charge on any atom is 0.407 e. The van der Waals surface area contributed by atoms with E-state index in [1.54, 1.807) is 0 Å². The summed E-state index contributed by atoms with van der Waals surface area (Å²) in [6.45, 7) is 2.43. The van der Waals surface area contributed by atoms with Gasteiger partial charge in [-0.1, -0.05) is 13.3 Å². The van der Waals surface area contributed by atoms with Gasteiger partial charge in [-0.05, 0) is 44.4 Å². The van der Waals surface area contributed by atoms with E-state index in [-0.39, 0.29) is 6.04 Å². The zero-order valence-electron chi connectivity index (χ0n) is 11.5. The highest BCUT2D eigenvalue weighted by atomic mass is 16.5. The number of hydrogen-bond donors (Lipinski definition) is 2. The Kier molecular flexibility index (Phi) is 4.32. The lowest BCUT2D eigenvalue weighted by atomic mass is 9.58. The largest absolute Gasteiger partial charge is 0.481 e. The highest BCUT2D eigenvalue weighted by molar-refractivity contribution is 5.78. The van der Waals surface area contributed by atoms with E-state index in [2.05, 4.69) is 5.32 Å². The topological polar surface area (TPSA) is 75.6 Å². The summed E-state index contributed by atoms with van der Waals surface area (Å²) < 4.78 is 5.07. The van der Waals surface area contributed by atoms with Crippen molar-refractivity contribution in [3.63, 3.8) is 0 Å². The number of carbonyl (C=O) groups excluding carboxylic acids is 1. The lowest BCUT2D eigenvalue weighted by Crippen LogP contribution is -2.58. The molecule has 5 heteroatoms. The molecule has 3 aliphatic carbocycles. The number of alkyl carbamates (subject to hydrolysis) is 1. The number of amides is 1. The van der Waals surface area contributed by atoms with Gasteiger partial charge in [0.15, 0.2) is 0 Å². The quantitative estimate of drug-likeness (QED) is 0.752. The van der Waals surface area contributed by atoms with Crippen LogP contribution in [0, 0.1) is 11.3 Å². The van der Waals surface area contributed by atoms with Crippen LogP contribution in [-0.2, 0) is 9.53 Å². The number of carboxylic acid groups (broad SMARTS) is 1. The Labute approximate surface area is 113 Å². The van der Waals surface area contributed by atoms with Crippen molar-refractivity contribution in [3.05, 3.63) is 0 Å². The Hall–Kier alpha value is -1.26. The van der Waals surface area contributed by atoms with E-state index >= 15 is 0 Å². The first-order valence-electron chi connectivity index (χ1n) is 7.25. The maximum absolute atomic E-state index is 11.7. The van der Waals surface area contributed by atoms with Crippen LogP contribution < -0.4 is 5.32 Å². The Morgan fingerprint density at radius 3 is 2.63 bits per heavy atom. The summed E-state index contributed by atoms with van der Waals surface area (Å²) >= 11 is 0. The third-order valence-corrected chi connectivity index (χ3v) is 4.68. The Bertz CT molecular complexity index is 347. The molecule has 108 valence electrons. The molecule has 2 N–H and O–H groups in total. The molecule has 1 atom stereocenters. The zero-order valence-corrected chi connectivity index (χ0v) is 11.5. The van der Waals surface area contributed by atoms with Gasteiger partial charge in [-0.2, -0.15) is 0 Å². The third-order valence-electron chi connectivity index (χ3n) is 4.68. The van der Waals surface area contributed by atoms with Gasteiger partial charge < -0.3 is 15.2 Å². The fourth-order valence-corrected chi connectivity index (χ4v) is 3.39. The van der Waals surface area contributed by atoms with Gasteiger partial charge in [0.2, 0.25) is 0 Å². The number of carbonyl (C=O) groups is 2. The summed E-state index contributed by atoms with van der Waals surface area (Å²) in [7, 11) is 0. The van der Waals surface area contributed by atoms with Crippen molar-refractivity contribution in [1.29, 1.82) is 0 Å². The van der Waals surface area contributed by atoms with Crippen LogP contribution in [0.25, 0.3) is 0 Å². The van der Waals surface area contributed by atoms with Gasteiger partial charge in [0.1, 0.15) is 0 Å². The molecule has 3 fully saturated rings. The molecule has 3 aliphatic rings. The summed E-state index contributed by atoms with van der Waals surface area (Å²) in [6.07, 6.45) is 5.40. The van der Waals surface area contributed by atoms with Crippen molar-refractivity contribution in [2.24, 2.45) is 11.3 Å². The van der Waals surface area contributed by atoms with Crippen LogP contribution in [0.2, 0.25) is 0 Å². The molecular weight excluding hydrogens is 246 g/mol. The molecule has 3 rings (SSSR count). The minimum atomic E-state index is -0.774. The fourth-order valence-electron chi connectivity index (χ4n) is 3.39. The van der Waals surface area contributed by atoms with Crippen molar-refractivity contribution in [2.45, 2.75) is 57.9 Å². The first-order valence-corrected chi connectivity index (χ1v) is 7.25. The van der Waals surface area contributed by atoms with Crippen LogP contribution in [0.3, 0.4) is 0 Å². The molecule has 19 heavy (non-hydrogen) atoms. The molecule has 1 amide bonds. The minimum absolute atomic E-state index is 0.272. The van der Waals surface area contributed by atoms with Crippen LogP contribution in [0.5, 0.6) is 0 Å². The molecule has 0 saturated heterocycles. The average Bonchev–Trinajstić information content (AvgIpc) is 2.40. The molecule has 0 spiro atoms. The predicted molar refractivity (Wildman–Crippen MR) is 69.8 cm³/mol. The van der Waals surface area contributed by atoms with Crippen LogP contribution in [-0.4, -0.2) is 29.8 Å². The number of carboxylic acids is 1. The summed E-state index contributed by atoms with van der Waals surface area (Å²) in [6, 6.07) is -0.272. The van der Waals surface area contributed by atoms with Crippen molar-refractivity contribution in [3.8, 4) is 0 Å². The summed E-state index contributed by atoms with van der Waals surface area (Å²) in [5, 5.41) is 12.3. The van der Waals surface area contributed by atoms with Crippen molar-refractivity contribution in [1.82, 2.24) is 5.32 Å². The minimum Gasteiger partial charge on any atom is -0.481 e. The van der Waals surface area contributed by atoms with Crippen molar-refractivity contribution < 1.29 is 19.4 Å². The van der Waals surface area contributed by atoms with Gasteiger partial charge in [-0.3, -0.25) is 4.79 Å². The number of ether oxygens (including phenoxy) is 1. The second kappa shape index (κ2) is 5.80. The van der Waals surface area contributed by atoms with Gasteiger partial charge in [0.05, 0.1) is 12.0 Å². The molecule has 0 aromatic carbocycles. The summed E-state index contributed by atoms with van der Waals surface area (Å²) in [4.78, 5) is 23.3. The molecule has 0 aliphatic heterocycles. The normalized spacial score (nSPS) is 32.9. The Balaban J connectivity index is 1.95. The Morgan fingerprint density at radius 1 is 1.37 bits per heavy atom. The van der Waals surface area contributed by atoms with Gasteiger partial charge in [0, 0.05) is 6.04 Å². The highest BCUT2D eigenvalue weighted by Crippen LogP contribution is 2.50. The average molecular weight is 269 g/mol. The monoisotopic (exact) mass is 269 g/mol. The van der Waals surface area contributed by atoms with Gasteiger partial charge in [-0.15, -0.1) is 0 Å². The second-order valence-electron chi connectivity index (χ2n) is 5.83. The summed E-state index contributed by atoms with van der Waals surface area (Å²) in [5.74, 6) is -0.216. The number of rotatable bonds is 5. The van der Waals surface area contributed by atoms with Crippen LogP contribution in [0.4, 0.5) is 4.79 Å². The third kappa shape index (κ3) is 2.85. The van der Waals surface area contributed by atoms with E-state index in [1.165, 1.54) is 0 Å². The van der Waals surface area contributed by atoms with Gasteiger partial charge in [-0.25, -0.2) is 4.79 Å². The molecule has 0 radical (unpaired) electrons.